The Balaban J connectivity index is 1.73. The summed E-state index contributed by atoms with van der Waals surface area (Å²) in [5.74, 6) is 1.22. The average molecular weight is 346 g/mol. The summed E-state index contributed by atoms with van der Waals surface area (Å²) >= 11 is 1.56. The van der Waals surface area contributed by atoms with Crippen molar-refractivity contribution in [3.63, 3.8) is 0 Å². The molecule has 6 heteroatoms. The second-order valence-electron chi connectivity index (χ2n) is 5.82. The fourth-order valence-electron chi connectivity index (χ4n) is 3.10. The highest BCUT2D eigenvalue weighted by Crippen LogP contribution is 2.36. The van der Waals surface area contributed by atoms with Crippen molar-refractivity contribution in [3.05, 3.63) is 39.8 Å². The number of anilines is 1. The fourth-order valence-corrected chi connectivity index (χ4v) is 4.25. The minimum Gasteiger partial charge on any atom is -0.493 e. The predicted octanol–water partition coefficient (Wildman–Crippen LogP) is 3.16. The summed E-state index contributed by atoms with van der Waals surface area (Å²) in [7, 11) is 3.19. The molecule has 1 aliphatic rings. The lowest BCUT2D eigenvalue weighted by atomic mass is 9.95. The van der Waals surface area contributed by atoms with E-state index >= 15 is 0 Å². The Kier molecular flexibility index (Phi) is 4.94. The Hall–Kier alpha value is -2.21. The number of thiophene rings is 1. The van der Waals surface area contributed by atoms with Gasteiger partial charge in [0.2, 0.25) is 0 Å². The normalized spacial score (nSPS) is 13.2. The zero-order chi connectivity index (χ0) is 17.1. The summed E-state index contributed by atoms with van der Waals surface area (Å²) < 4.78 is 10.5. The first kappa shape index (κ1) is 16.6. The lowest BCUT2D eigenvalue weighted by Crippen LogP contribution is -2.24. The first-order valence-electron chi connectivity index (χ1n) is 8.03. The molecular weight excluding hydrogens is 324 g/mol. The van der Waals surface area contributed by atoms with Crippen molar-refractivity contribution in [1.29, 1.82) is 0 Å². The van der Waals surface area contributed by atoms with E-state index in [2.05, 4.69) is 5.32 Å². The van der Waals surface area contributed by atoms with Crippen LogP contribution in [0.25, 0.3) is 0 Å². The lowest BCUT2D eigenvalue weighted by molar-refractivity contribution is 0.0951. The van der Waals surface area contributed by atoms with Gasteiger partial charge in [-0.1, -0.05) is 6.07 Å². The zero-order valence-electron chi connectivity index (χ0n) is 14.0. The number of hydrogen-bond donors (Lipinski definition) is 2. The minimum atomic E-state index is -0.0957. The molecule has 0 bridgehead atoms. The Morgan fingerprint density at radius 2 is 1.96 bits per heavy atom. The monoisotopic (exact) mass is 346 g/mol. The number of benzene rings is 1. The largest absolute Gasteiger partial charge is 0.493 e. The van der Waals surface area contributed by atoms with Crippen molar-refractivity contribution in [3.8, 4) is 11.5 Å². The molecule has 128 valence electrons. The van der Waals surface area contributed by atoms with Crippen molar-refractivity contribution in [1.82, 2.24) is 5.32 Å². The number of carbonyl (C=O) groups excluding carboxylic acids is 1. The summed E-state index contributed by atoms with van der Waals surface area (Å²) in [4.78, 5) is 13.9. The van der Waals surface area contributed by atoms with Gasteiger partial charge in [0.1, 0.15) is 0 Å². The minimum absolute atomic E-state index is 0.0957. The Morgan fingerprint density at radius 1 is 1.21 bits per heavy atom. The van der Waals surface area contributed by atoms with Crippen LogP contribution < -0.4 is 20.5 Å². The molecule has 0 atom stereocenters. The van der Waals surface area contributed by atoms with Gasteiger partial charge < -0.3 is 20.5 Å². The van der Waals surface area contributed by atoms with Crippen LogP contribution in [-0.2, 0) is 19.4 Å². The van der Waals surface area contributed by atoms with Gasteiger partial charge in [-0.15, -0.1) is 11.3 Å². The molecule has 0 fully saturated rings. The summed E-state index contributed by atoms with van der Waals surface area (Å²) in [6.07, 6.45) is 4.29. The standard InChI is InChI=1S/C18H22N2O3S/c1-22-13-8-7-11(9-14(13)23-2)10-20-18(21)16-12-5-3-4-6-15(12)24-17(16)19/h7-9H,3-6,10,19H2,1-2H3,(H,20,21). The molecule has 2 aromatic rings. The van der Waals surface area contributed by atoms with Crippen LogP contribution in [0, 0.1) is 0 Å². The van der Waals surface area contributed by atoms with Gasteiger partial charge in [-0.3, -0.25) is 4.79 Å². The van der Waals surface area contributed by atoms with E-state index in [0.717, 1.165) is 30.4 Å². The number of nitrogens with two attached hydrogens (primary N) is 1. The smallest absolute Gasteiger partial charge is 0.254 e. The maximum atomic E-state index is 12.6. The molecule has 3 N–H and O–H groups in total. The first-order valence-corrected chi connectivity index (χ1v) is 8.84. The molecule has 0 saturated carbocycles. The Bertz CT molecular complexity index is 755. The van der Waals surface area contributed by atoms with E-state index in [1.807, 2.05) is 18.2 Å². The summed E-state index contributed by atoms with van der Waals surface area (Å²) in [5, 5.41) is 3.60. The van der Waals surface area contributed by atoms with Crippen molar-refractivity contribution in [2.24, 2.45) is 0 Å². The number of amides is 1. The van der Waals surface area contributed by atoms with Gasteiger partial charge in [0.25, 0.3) is 5.91 Å². The number of hydrogen-bond acceptors (Lipinski definition) is 5. The number of aryl methyl sites for hydroxylation is 1. The average Bonchev–Trinajstić information content (AvgIpc) is 2.95. The number of ether oxygens (including phenoxy) is 2. The maximum absolute atomic E-state index is 12.6. The Morgan fingerprint density at radius 3 is 2.71 bits per heavy atom. The molecule has 0 unspecified atom stereocenters. The highest BCUT2D eigenvalue weighted by Gasteiger charge is 2.23. The molecule has 24 heavy (non-hydrogen) atoms. The van der Waals surface area contributed by atoms with Gasteiger partial charge in [-0.2, -0.15) is 0 Å². The molecule has 1 aromatic carbocycles. The van der Waals surface area contributed by atoms with Crippen molar-refractivity contribution >= 4 is 22.2 Å². The summed E-state index contributed by atoms with van der Waals surface area (Å²) in [6.45, 7) is 0.420. The van der Waals surface area contributed by atoms with Crippen molar-refractivity contribution in [2.75, 3.05) is 20.0 Å². The highest BCUT2D eigenvalue weighted by molar-refractivity contribution is 7.16. The molecule has 1 amide bonds. The van der Waals surface area contributed by atoms with Crippen LogP contribution in [0.1, 0.15) is 39.2 Å². The highest BCUT2D eigenvalue weighted by atomic mass is 32.1. The SMILES string of the molecule is COc1ccc(CNC(=O)c2c(N)sc3c2CCCC3)cc1OC. The van der Waals surface area contributed by atoms with Crippen LogP contribution in [0.15, 0.2) is 18.2 Å². The summed E-state index contributed by atoms with van der Waals surface area (Å²) in [5.41, 5.74) is 8.87. The van der Waals surface area contributed by atoms with E-state index in [1.54, 1.807) is 25.6 Å². The summed E-state index contributed by atoms with van der Waals surface area (Å²) in [6, 6.07) is 5.61. The second-order valence-corrected chi connectivity index (χ2v) is 6.96. The number of fused-ring (bicyclic) bond motifs is 1. The van der Waals surface area contributed by atoms with Crippen molar-refractivity contribution < 1.29 is 14.3 Å². The van der Waals surface area contributed by atoms with E-state index in [-0.39, 0.29) is 5.91 Å². The van der Waals surface area contributed by atoms with Crippen molar-refractivity contribution in [2.45, 2.75) is 32.2 Å². The van der Waals surface area contributed by atoms with E-state index in [0.29, 0.717) is 28.6 Å². The lowest BCUT2D eigenvalue weighted by Gasteiger charge is -2.13. The quantitative estimate of drug-likeness (QED) is 0.872. The van der Waals surface area contributed by atoms with Crippen LogP contribution in [0.2, 0.25) is 0 Å². The molecule has 0 radical (unpaired) electrons. The van der Waals surface area contributed by atoms with Gasteiger partial charge in [0.05, 0.1) is 24.8 Å². The maximum Gasteiger partial charge on any atom is 0.254 e. The number of nitrogens with one attached hydrogen (secondary N) is 1. The van der Waals surface area contributed by atoms with Gasteiger partial charge in [-0.25, -0.2) is 0 Å². The zero-order valence-corrected chi connectivity index (χ0v) is 14.8. The molecule has 0 saturated heterocycles. The van der Waals surface area contributed by atoms with Crippen LogP contribution in [0.4, 0.5) is 5.00 Å². The molecule has 1 heterocycles. The molecule has 0 aliphatic heterocycles. The number of carbonyl (C=O) groups is 1. The van der Waals surface area contributed by atoms with E-state index in [1.165, 1.54) is 11.3 Å². The van der Waals surface area contributed by atoms with E-state index < -0.39 is 0 Å². The third kappa shape index (κ3) is 3.19. The number of nitrogen functional groups attached to an aromatic ring is 1. The predicted molar refractivity (Wildman–Crippen MR) is 96.1 cm³/mol. The third-order valence-electron chi connectivity index (χ3n) is 4.33. The van der Waals surface area contributed by atoms with E-state index in [4.69, 9.17) is 15.2 Å². The number of methoxy groups -OCH3 is 2. The molecule has 1 aliphatic carbocycles. The molecule has 5 nitrogen and oxygen atoms in total. The van der Waals surface area contributed by atoms with Crippen LogP contribution in [-0.4, -0.2) is 20.1 Å². The topological polar surface area (TPSA) is 73.6 Å². The van der Waals surface area contributed by atoms with Gasteiger partial charge >= 0.3 is 0 Å². The molecule has 1 aromatic heterocycles. The molecule has 3 rings (SSSR count). The Labute approximate surface area is 145 Å². The molecule has 0 spiro atoms. The number of rotatable bonds is 5. The van der Waals surface area contributed by atoms with Crippen LogP contribution in [0.5, 0.6) is 11.5 Å². The third-order valence-corrected chi connectivity index (χ3v) is 5.45. The van der Waals surface area contributed by atoms with Gasteiger partial charge in [0.15, 0.2) is 11.5 Å². The van der Waals surface area contributed by atoms with Crippen LogP contribution >= 0.6 is 11.3 Å². The molecular formula is C18H22N2O3S. The van der Waals surface area contributed by atoms with E-state index in [9.17, 15) is 4.79 Å². The first-order chi connectivity index (χ1) is 11.6. The second kappa shape index (κ2) is 7.13. The van der Waals surface area contributed by atoms with Gasteiger partial charge in [-0.05, 0) is 48.9 Å². The van der Waals surface area contributed by atoms with Gasteiger partial charge in [0, 0.05) is 11.4 Å². The van der Waals surface area contributed by atoms with Crippen LogP contribution in [0.3, 0.4) is 0 Å². The fraction of sp³-hybridized carbons (Fsp3) is 0.389.